The monoisotopic (exact) mass is 351 g/mol. The first-order valence-corrected chi connectivity index (χ1v) is 10.1. The van der Waals surface area contributed by atoms with Crippen LogP contribution in [0, 0.1) is 5.92 Å². The number of nitrogens with one attached hydrogen (secondary N) is 2. The number of hydrogen-bond acceptors (Lipinski definition) is 4. The second kappa shape index (κ2) is 7.21. The van der Waals surface area contributed by atoms with Crippen molar-refractivity contribution in [1.29, 1.82) is 0 Å². The molecule has 1 aromatic carbocycles. The number of hydrogen-bond donors (Lipinski definition) is 3. The third kappa shape index (κ3) is 4.15. The minimum Gasteiger partial charge on any atom is -0.354 e. The SMILES string of the molecule is NS(=O)(=O)c1ccc(CCNC(=O)C2CC3CCCCC3N2)cc1. The standard InChI is InChI=1S/C17H25N3O3S/c18-24(22,23)14-7-5-12(6-8-14)9-10-19-17(21)16-11-13-3-1-2-4-15(13)20-16/h5-8,13,15-16,20H,1-4,9-11H2,(H,19,21)(H2,18,22,23). The largest absolute Gasteiger partial charge is 0.354 e. The van der Waals surface area contributed by atoms with Gasteiger partial charge in [0.05, 0.1) is 10.9 Å². The summed E-state index contributed by atoms with van der Waals surface area (Å²) in [6, 6.07) is 6.90. The number of primary sulfonamides is 1. The summed E-state index contributed by atoms with van der Waals surface area (Å²) < 4.78 is 22.4. The molecule has 4 N–H and O–H groups in total. The number of amides is 1. The summed E-state index contributed by atoms with van der Waals surface area (Å²) in [6.07, 6.45) is 6.57. The number of fused-ring (bicyclic) bond motifs is 1. The normalized spacial score (nSPS) is 26.8. The van der Waals surface area contributed by atoms with Gasteiger partial charge in [-0.2, -0.15) is 0 Å². The molecular weight excluding hydrogens is 326 g/mol. The molecule has 3 unspecified atom stereocenters. The van der Waals surface area contributed by atoms with Crippen molar-refractivity contribution in [2.45, 2.75) is 55.5 Å². The smallest absolute Gasteiger partial charge is 0.238 e. The molecule has 3 rings (SSSR count). The van der Waals surface area contributed by atoms with E-state index in [2.05, 4.69) is 10.6 Å². The van der Waals surface area contributed by atoms with Crippen molar-refractivity contribution in [2.75, 3.05) is 6.54 Å². The van der Waals surface area contributed by atoms with Crippen molar-refractivity contribution in [3.8, 4) is 0 Å². The molecule has 0 radical (unpaired) electrons. The summed E-state index contributed by atoms with van der Waals surface area (Å²) in [4.78, 5) is 12.4. The van der Waals surface area contributed by atoms with Crippen molar-refractivity contribution in [3.05, 3.63) is 29.8 Å². The van der Waals surface area contributed by atoms with Crippen LogP contribution in [0.4, 0.5) is 0 Å². The number of sulfonamides is 1. The topological polar surface area (TPSA) is 101 Å². The number of rotatable bonds is 5. The second-order valence-corrected chi connectivity index (χ2v) is 8.40. The Labute approximate surface area is 143 Å². The van der Waals surface area contributed by atoms with Gasteiger partial charge in [-0.05, 0) is 49.3 Å². The summed E-state index contributed by atoms with van der Waals surface area (Å²) in [5, 5.41) is 11.5. The summed E-state index contributed by atoms with van der Waals surface area (Å²) in [6.45, 7) is 0.543. The molecule has 2 aliphatic rings. The Morgan fingerprint density at radius 3 is 2.58 bits per heavy atom. The maximum atomic E-state index is 12.3. The van der Waals surface area contributed by atoms with Crippen LogP contribution in [0.2, 0.25) is 0 Å². The maximum Gasteiger partial charge on any atom is 0.238 e. The summed E-state index contributed by atoms with van der Waals surface area (Å²) in [5.74, 6) is 0.728. The molecule has 1 aliphatic heterocycles. The maximum absolute atomic E-state index is 12.3. The van der Waals surface area contributed by atoms with Crippen molar-refractivity contribution in [1.82, 2.24) is 10.6 Å². The summed E-state index contributed by atoms with van der Waals surface area (Å²) in [7, 11) is -3.65. The second-order valence-electron chi connectivity index (χ2n) is 6.84. The molecule has 6 nitrogen and oxygen atoms in total. The van der Waals surface area contributed by atoms with E-state index >= 15 is 0 Å². The number of carbonyl (C=O) groups is 1. The Hall–Kier alpha value is -1.44. The minimum atomic E-state index is -3.65. The van der Waals surface area contributed by atoms with Gasteiger partial charge >= 0.3 is 0 Å². The molecule has 0 spiro atoms. The van der Waals surface area contributed by atoms with Crippen LogP contribution in [-0.2, 0) is 21.2 Å². The Balaban J connectivity index is 1.45. The quantitative estimate of drug-likeness (QED) is 0.734. The third-order valence-corrected chi connectivity index (χ3v) is 6.07. The number of carbonyl (C=O) groups excluding carboxylic acids is 1. The highest BCUT2D eigenvalue weighted by Gasteiger charge is 2.37. The van der Waals surface area contributed by atoms with Gasteiger partial charge in [-0.1, -0.05) is 25.0 Å². The van der Waals surface area contributed by atoms with Crippen LogP contribution in [0.15, 0.2) is 29.2 Å². The first-order chi connectivity index (χ1) is 11.4. The zero-order chi connectivity index (χ0) is 17.2. The zero-order valence-electron chi connectivity index (χ0n) is 13.7. The molecule has 1 saturated heterocycles. The lowest BCUT2D eigenvalue weighted by Gasteiger charge is -2.24. The van der Waals surface area contributed by atoms with Crippen molar-refractivity contribution in [2.24, 2.45) is 11.1 Å². The highest BCUT2D eigenvalue weighted by molar-refractivity contribution is 7.89. The molecule has 24 heavy (non-hydrogen) atoms. The molecule has 1 aromatic rings. The molecule has 1 heterocycles. The van der Waals surface area contributed by atoms with E-state index in [4.69, 9.17) is 5.14 Å². The lowest BCUT2D eigenvalue weighted by molar-refractivity contribution is -0.122. The van der Waals surface area contributed by atoms with Crippen LogP contribution in [0.3, 0.4) is 0 Å². The van der Waals surface area contributed by atoms with E-state index < -0.39 is 10.0 Å². The zero-order valence-corrected chi connectivity index (χ0v) is 14.5. The Kier molecular flexibility index (Phi) is 5.22. The fraction of sp³-hybridized carbons (Fsp3) is 0.588. The van der Waals surface area contributed by atoms with Gasteiger partial charge in [0.25, 0.3) is 0 Å². The van der Waals surface area contributed by atoms with E-state index in [9.17, 15) is 13.2 Å². The van der Waals surface area contributed by atoms with Crippen molar-refractivity contribution >= 4 is 15.9 Å². The first kappa shape index (κ1) is 17.4. The predicted octanol–water partition coefficient (Wildman–Crippen LogP) is 0.913. The Morgan fingerprint density at radius 2 is 1.92 bits per heavy atom. The molecule has 0 bridgehead atoms. The van der Waals surface area contributed by atoms with Crippen LogP contribution < -0.4 is 15.8 Å². The highest BCUT2D eigenvalue weighted by atomic mass is 32.2. The van der Waals surface area contributed by atoms with Crippen molar-refractivity contribution in [3.63, 3.8) is 0 Å². The highest BCUT2D eigenvalue weighted by Crippen LogP contribution is 2.33. The Bertz CT molecular complexity index is 674. The van der Waals surface area contributed by atoms with E-state index in [-0.39, 0.29) is 16.8 Å². The first-order valence-electron chi connectivity index (χ1n) is 8.59. The van der Waals surface area contributed by atoms with Crippen LogP contribution in [0.5, 0.6) is 0 Å². The third-order valence-electron chi connectivity index (χ3n) is 5.14. The van der Waals surface area contributed by atoms with Gasteiger partial charge < -0.3 is 10.6 Å². The molecule has 132 valence electrons. The van der Waals surface area contributed by atoms with Gasteiger partial charge in [0.15, 0.2) is 0 Å². The predicted molar refractivity (Wildman–Crippen MR) is 91.8 cm³/mol. The lowest BCUT2D eigenvalue weighted by atomic mass is 9.85. The summed E-state index contributed by atoms with van der Waals surface area (Å²) in [5.41, 5.74) is 0.968. The molecule has 7 heteroatoms. The van der Waals surface area contributed by atoms with Crippen LogP contribution in [-0.4, -0.2) is 33.0 Å². The Morgan fingerprint density at radius 1 is 1.21 bits per heavy atom. The van der Waals surface area contributed by atoms with Gasteiger partial charge in [-0.3, -0.25) is 4.79 Å². The molecule has 1 saturated carbocycles. The molecule has 1 aliphatic carbocycles. The van der Waals surface area contributed by atoms with E-state index in [0.29, 0.717) is 24.9 Å². The van der Waals surface area contributed by atoms with E-state index in [0.717, 1.165) is 12.0 Å². The van der Waals surface area contributed by atoms with E-state index in [1.807, 2.05) is 0 Å². The van der Waals surface area contributed by atoms with Gasteiger partial charge in [0.1, 0.15) is 0 Å². The van der Waals surface area contributed by atoms with Gasteiger partial charge in [0.2, 0.25) is 15.9 Å². The lowest BCUT2D eigenvalue weighted by Crippen LogP contribution is -2.43. The van der Waals surface area contributed by atoms with Gasteiger partial charge in [-0.15, -0.1) is 0 Å². The van der Waals surface area contributed by atoms with E-state index in [1.165, 1.54) is 37.8 Å². The molecule has 2 fully saturated rings. The number of nitrogens with two attached hydrogens (primary N) is 1. The molecular formula is C17H25N3O3S. The van der Waals surface area contributed by atoms with Gasteiger partial charge in [-0.25, -0.2) is 13.6 Å². The summed E-state index contributed by atoms with van der Waals surface area (Å²) >= 11 is 0. The number of benzene rings is 1. The van der Waals surface area contributed by atoms with Crippen molar-refractivity contribution < 1.29 is 13.2 Å². The average Bonchev–Trinajstić information content (AvgIpc) is 2.98. The fourth-order valence-corrected chi connectivity index (χ4v) is 4.34. The van der Waals surface area contributed by atoms with Crippen LogP contribution >= 0.6 is 0 Å². The molecule has 0 aromatic heterocycles. The van der Waals surface area contributed by atoms with Gasteiger partial charge in [0, 0.05) is 12.6 Å². The van der Waals surface area contributed by atoms with E-state index in [1.54, 1.807) is 12.1 Å². The van der Waals surface area contributed by atoms with Crippen LogP contribution in [0.25, 0.3) is 0 Å². The average molecular weight is 351 g/mol. The fourth-order valence-electron chi connectivity index (χ4n) is 3.82. The molecule has 1 amide bonds. The minimum absolute atomic E-state index is 0.0668. The van der Waals surface area contributed by atoms with Crippen LogP contribution in [0.1, 0.15) is 37.7 Å². The molecule has 3 atom stereocenters.